The molecule has 2 aromatic rings. The maximum atomic E-state index is 12.3. The molecule has 8 heteroatoms. The quantitative estimate of drug-likeness (QED) is 0.512. The lowest BCUT2D eigenvalue weighted by Gasteiger charge is -2.28. The molecule has 0 radical (unpaired) electrons. The predicted molar refractivity (Wildman–Crippen MR) is 96.5 cm³/mol. The molecule has 1 aliphatic heterocycles. The topological polar surface area (TPSA) is 79.6 Å². The van der Waals surface area contributed by atoms with Crippen LogP contribution in [-0.2, 0) is 9.59 Å². The number of esters is 1. The molecule has 1 aliphatic rings. The van der Waals surface area contributed by atoms with Crippen LogP contribution in [0, 0.1) is 11.3 Å². The van der Waals surface area contributed by atoms with E-state index < -0.39 is 5.97 Å². The van der Waals surface area contributed by atoms with Crippen molar-refractivity contribution in [2.45, 2.75) is 0 Å². The fourth-order valence-corrected chi connectivity index (χ4v) is 3.67. The molecule has 1 amide bonds. The number of fused-ring (bicyclic) bond motifs is 1. The SMILES string of the molecule is N#Cc1cc(Br)c(OC(=O)CN2C(=O)COc3ccccc32)c(Br)c1. The third-order valence-corrected chi connectivity index (χ3v) is 4.62. The molecule has 0 saturated heterocycles. The van der Waals surface area contributed by atoms with Gasteiger partial charge in [-0.2, -0.15) is 5.26 Å². The first-order valence-corrected chi connectivity index (χ1v) is 8.70. The minimum Gasteiger partial charge on any atom is -0.482 e. The largest absolute Gasteiger partial charge is 0.482 e. The summed E-state index contributed by atoms with van der Waals surface area (Å²) in [6.45, 7) is -0.382. The van der Waals surface area contributed by atoms with E-state index in [0.717, 1.165) is 0 Å². The number of carbonyl (C=O) groups excluding carboxylic acids is 2. The van der Waals surface area contributed by atoms with E-state index in [1.54, 1.807) is 36.4 Å². The number of carbonyl (C=O) groups is 2. The maximum absolute atomic E-state index is 12.3. The van der Waals surface area contributed by atoms with Gasteiger partial charge in [-0.05, 0) is 56.1 Å². The molecule has 0 aliphatic carbocycles. The summed E-state index contributed by atoms with van der Waals surface area (Å²) in [5, 5.41) is 8.94. The van der Waals surface area contributed by atoms with Gasteiger partial charge < -0.3 is 9.47 Å². The summed E-state index contributed by atoms with van der Waals surface area (Å²) in [5.41, 5.74) is 0.935. The Bertz CT molecular complexity index is 885. The standard InChI is InChI=1S/C17H10Br2N2O4/c18-11-5-10(7-20)6-12(19)17(11)25-16(23)8-21-13-3-1-2-4-14(13)24-9-15(21)22/h1-6H,8-9H2. The van der Waals surface area contributed by atoms with Crippen LogP contribution in [0.15, 0.2) is 45.3 Å². The Hall–Kier alpha value is -2.37. The minimum absolute atomic E-state index is 0.130. The number of hydrogen-bond donors (Lipinski definition) is 0. The minimum atomic E-state index is -0.615. The monoisotopic (exact) mass is 464 g/mol. The Morgan fingerprint density at radius 3 is 2.64 bits per heavy atom. The summed E-state index contributed by atoms with van der Waals surface area (Å²) in [6.07, 6.45) is 0. The summed E-state index contributed by atoms with van der Waals surface area (Å²) in [4.78, 5) is 25.8. The molecule has 0 N–H and O–H groups in total. The number of benzene rings is 2. The van der Waals surface area contributed by atoms with Gasteiger partial charge in [0, 0.05) is 0 Å². The summed E-state index contributed by atoms with van der Waals surface area (Å²) in [6, 6.07) is 12.1. The average Bonchev–Trinajstić information content (AvgIpc) is 2.60. The van der Waals surface area contributed by atoms with E-state index in [2.05, 4.69) is 31.9 Å². The van der Waals surface area contributed by atoms with Crippen molar-refractivity contribution in [3.05, 3.63) is 50.9 Å². The Kier molecular flexibility index (Phi) is 5.06. The van der Waals surface area contributed by atoms with Crippen molar-refractivity contribution in [1.82, 2.24) is 0 Å². The van der Waals surface area contributed by atoms with Crippen molar-refractivity contribution in [2.75, 3.05) is 18.1 Å². The number of anilines is 1. The van der Waals surface area contributed by atoms with Gasteiger partial charge in [0.05, 0.1) is 26.3 Å². The lowest BCUT2D eigenvalue weighted by molar-refractivity contribution is -0.134. The van der Waals surface area contributed by atoms with Crippen LogP contribution >= 0.6 is 31.9 Å². The number of para-hydroxylation sites is 2. The van der Waals surface area contributed by atoms with Gasteiger partial charge in [-0.15, -0.1) is 0 Å². The lowest BCUT2D eigenvalue weighted by atomic mass is 10.2. The number of amides is 1. The van der Waals surface area contributed by atoms with Gasteiger partial charge in [-0.25, -0.2) is 4.79 Å². The van der Waals surface area contributed by atoms with E-state index in [9.17, 15) is 9.59 Å². The number of nitrogens with zero attached hydrogens (tertiary/aromatic N) is 2. The van der Waals surface area contributed by atoms with Crippen molar-refractivity contribution in [1.29, 1.82) is 5.26 Å². The molecule has 0 spiro atoms. The van der Waals surface area contributed by atoms with Crippen LogP contribution in [0.5, 0.6) is 11.5 Å². The third kappa shape index (κ3) is 3.67. The molecule has 1 heterocycles. The summed E-state index contributed by atoms with van der Waals surface area (Å²) in [5.74, 6) is -0.154. The van der Waals surface area contributed by atoms with E-state index in [1.165, 1.54) is 4.90 Å². The first-order chi connectivity index (χ1) is 12.0. The number of halogens is 2. The first-order valence-electron chi connectivity index (χ1n) is 7.11. The number of rotatable bonds is 3. The highest BCUT2D eigenvalue weighted by Crippen LogP contribution is 2.35. The molecule has 25 heavy (non-hydrogen) atoms. The van der Waals surface area contributed by atoms with E-state index in [1.807, 2.05) is 6.07 Å². The van der Waals surface area contributed by atoms with Crippen LogP contribution in [-0.4, -0.2) is 25.0 Å². The highest BCUT2D eigenvalue weighted by atomic mass is 79.9. The van der Waals surface area contributed by atoms with Crippen LogP contribution in [0.25, 0.3) is 0 Å². The summed E-state index contributed by atoms with van der Waals surface area (Å²) in [7, 11) is 0. The van der Waals surface area contributed by atoms with Crippen molar-refractivity contribution >= 4 is 49.4 Å². The van der Waals surface area contributed by atoms with Crippen LogP contribution < -0.4 is 14.4 Å². The van der Waals surface area contributed by atoms with Crippen LogP contribution in [0.4, 0.5) is 5.69 Å². The molecule has 126 valence electrons. The van der Waals surface area contributed by atoms with Crippen molar-refractivity contribution < 1.29 is 19.1 Å². The molecule has 0 unspecified atom stereocenters. The lowest BCUT2D eigenvalue weighted by Crippen LogP contribution is -2.43. The molecule has 0 fully saturated rings. The zero-order valence-electron chi connectivity index (χ0n) is 12.7. The maximum Gasteiger partial charge on any atom is 0.331 e. The smallest absolute Gasteiger partial charge is 0.331 e. The highest BCUT2D eigenvalue weighted by Gasteiger charge is 2.28. The third-order valence-electron chi connectivity index (χ3n) is 3.44. The van der Waals surface area contributed by atoms with Crippen LogP contribution in [0.2, 0.25) is 0 Å². The molecular weight excluding hydrogens is 456 g/mol. The van der Waals surface area contributed by atoms with Crippen LogP contribution in [0.3, 0.4) is 0 Å². The van der Waals surface area contributed by atoms with Crippen LogP contribution in [0.1, 0.15) is 5.56 Å². The van der Waals surface area contributed by atoms with Gasteiger partial charge in [-0.1, -0.05) is 12.1 Å². The normalized spacial score (nSPS) is 12.8. The number of hydrogen-bond acceptors (Lipinski definition) is 5. The average molecular weight is 466 g/mol. The Morgan fingerprint density at radius 1 is 1.28 bits per heavy atom. The van der Waals surface area contributed by atoms with E-state index >= 15 is 0 Å². The van der Waals surface area contributed by atoms with Gasteiger partial charge in [-0.3, -0.25) is 9.69 Å². The second-order valence-corrected chi connectivity index (χ2v) is 6.80. The van der Waals surface area contributed by atoms with Crippen molar-refractivity contribution in [3.63, 3.8) is 0 Å². The molecule has 0 saturated carbocycles. The molecule has 0 bridgehead atoms. The van der Waals surface area contributed by atoms with Gasteiger partial charge in [0.2, 0.25) is 0 Å². The zero-order valence-corrected chi connectivity index (χ0v) is 15.8. The zero-order chi connectivity index (χ0) is 18.0. The van der Waals surface area contributed by atoms with Gasteiger partial charge >= 0.3 is 5.97 Å². The van der Waals surface area contributed by atoms with E-state index in [0.29, 0.717) is 25.9 Å². The molecule has 6 nitrogen and oxygen atoms in total. The van der Waals surface area contributed by atoms with Crippen molar-refractivity contribution in [3.8, 4) is 17.6 Å². The Labute approximate surface area is 160 Å². The van der Waals surface area contributed by atoms with Gasteiger partial charge in [0.1, 0.15) is 12.3 Å². The van der Waals surface area contributed by atoms with Crippen molar-refractivity contribution in [2.24, 2.45) is 0 Å². The van der Waals surface area contributed by atoms with E-state index in [4.69, 9.17) is 14.7 Å². The highest BCUT2D eigenvalue weighted by molar-refractivity contribution is 9.11. The van der Waals surface area contributed by atoms with Gasteiger partial charge in [0.15, 0.2) is 12.4 Å². The molecule has 3 rings (SSSR count). The Morgan fingerprint density at radius 2 is 1.96 bits per heavy atom. The second kappa shape index (κ2) is 7.25. The number of ether oxygens (including phenoxy) is 2. The number of nitriles is 1. The summed E-state index contributed by atoms with van der Waals surface area (Å²) < 4.78 is 11.6. The predicted octanol–water partition coefficient (Wildman–Crippen LogP) is 3.41. The molecular formula is C17H10Br2N2O4. The molecule has 0 atom stereocenters. The fourth-order valence-electron chi connectivity index (χ4n) is 2.32. The summed E-state index contributed by atoms with van der Waals surface area (Å²) >= 11 is 6.54. The fraction of sp³-hybridized carbons (Fsp3) is 0.118. The van der Waals surface area contributed by atoms with Gasteiger partial charge in [0.25, 0.3) is 5.91 Å². The second-order valence-electron chi connectivity index (χ2n) is 5.09. The van der Waals surface area contributed by atoms with E-state index in [-0.39, 0.29) is 24.8 Å². The molecule has 2 aromatic carbocycles. The molecule has 0 aromatic heterocycles. The Balaban J connectivity index is 1.80. The first kappa shape index (κ1) is 17.5.